The number of rotatable bonds is 7. The van der Waals surface area contributed by atoms with Crippen molar-refractivity contribution in [3.05, 3.63) is 17.5 Å². The lowest BCUT2D eigenvalue weighted by Gasteiger charge is -2.18. The Morgan fingerprint density at radius 1 is 1.47 bits per heavy atom. The molecule has 5 heteroatoms. The van der Waals surface area contributed by atoms with E-state index in [9.17, 15) is 5.11 Å². The summed E-state index contributed by atoms with van der Waals surface area (Å²) >= 11 is 0. The van der Waals surface area contributed by atoms with Crippen molar-refractivity contribution in [1.29, 1.82) is 0 Å². The van der Waals surface area contributed by atoms with Gasteiger partial charge in [0.2, 0.25) is 0 Å². The molecule has 110 valence electrons. The zero-order valence-electron chi connectivity index (χ0n) is 12.7. The minimum Gasteiger partial charge on any atom is -0.391 e. The molecule has 2 N–H and O–H groups in total. The first kappa shape index (κ1) is 16.1. The van der Waals surface area contributed by atoms with E-state index in [2.05, 4.69) is 37.4 Å². The molecule has 0 fully saturated rings. The molecule has 5 nitrogen and oxygen atoms in total. The smallest absolute Gasteiger partial charge is 0.0785 e. The number of nitrogens with zero attached hydrogens (tertiary/aromatic N) is 2. The number of hydrogen-bond donors (Lipinski definition) is 2. The average Bonchev–Trinajstić information content (AvgIpc) is 2.66. The van der Waals surface area contributed by atoms with Crippen LogP contribution in [0.3, 0.4) is 0 Å². The van der Waals surface area contributed by atoms with Crippen LogP contribution in [0.15, 0.2) is 6.20 Å². The topological polar surface area (TPSA) is 59.3 Å². The fourth-order valence-electron chi connectivity index (χ4n) is 2.07. The molecule has 1 atom stereocenters. The summed E-state index contributed by atoms with van der Waals surface area (Å²) in [7, 11) is 3.54. The molecule has 1 aromatic heterocycles. The Bertz CT molecular complexity index is 383. The number of aliphatic hydroxyl groups is 1. The summed E-state index contributed by atoms with van der Waals surface area (Å²) in [6, 6.07) is 0. The number of ether oxygens (including phenoxy) is 1. The molecule has 0 saturated carbocycles. The van der Waals surface area contributed by atoms with Crippen LogP contribution in [0.1, 0.15) is 38.4 Å². The van der Waals surface area contributed by atoms with Crippen LogP contribution in [-0.2, 0) is 23.7 Å². The SMILES string of the molecule is COCC(O)CCNCc1cn(C)nc1C(C)(C)C. The van der Waals surface area contributed by atoms with E-state index in [4.69, 9.17) is 4.74 Å². The third-order valence-corrected chi connectivity index (χ3v) is 2.94. The van der Waals surface area contributed by atoms with Gasteiger partial charge >= 0.3 is 0 Å². The van der Waals surface area contributed by atoms with E-state index in [1.54, 1.807) is 7.11 Å². The molecule has 19 heavy (non-hydrogen) atoms. The molecule has 0 amide bonds. The van der Waals surface area contributed by atoms with Crippen LogP contribution < -0.4 is 5.32 Å². The molecule has 1 heterocycles. The van der Waals surface area contributed by atoms with Gasteiger partial charge in [-0.25, -0.2) is 0 Å². The van der Waals surface area contributed by atoms with Gasteiger partial charge in [0.05, 0.1) is 18.4 Å². The van der Waals surface area contributed by atoms with Crippen molar-refractivity contribution < 1.29 is 9.84 Å². The largest absolute Gasteiger partial charge is 0.391 e. The molecule has 0 bridgehead atoms. The van der Waals surface area contributed by atoms with Crippen LogP contribution in [0, 0.1) is 0 Å². The van der Waals surface area contributed by atoms with Gasteiger partial charge in [0.1, 0.15) is 0 Å². The second kappa shape index (κ2) is 7.03. The maximum atomic E-state index is 9.55. The molecular formula is C14H27N3O2. The first-order valence-electron chi connectivity index (χ1n) is 6.75. The summed E-state index contributed by atoms with van der Waals surface area (Å²) in [6.07, 6.45) is 2.35. The molecule has 0 radical (unpaired) electrons. The Kier molecular flexibility index (Phi) is 5.97. The third kappa shape index (κ3) is 5.30. The van der Waals surface area contributed by atoms with Crippen LogP contribution in [-0.4, -0.2) is 41.3 Å². The van der Waals surface area contributed by atoms with Gasteiger partial charge in [-0.15, -0.1) is 0 Å². The predicted molar refractivity (Wildman–Crippen MR) is 76.1 cm³/mol. The molecule has 1 rings (SSSR count). The highest BCUT2D eigenvalue weighted by atomic mass is 16.5. The lowest BCUT2D eigenvalue weighted by molar-refractivity contribution is 0.0594. The van der Waals surface area contributed by atoms with Crippen LogP contribution >= 0.6 is 0 Å². The normalized spacial score (nSPS) is 13.8. The lowest BCUT2D eigenvalue weighted by Crippen LogP contribution is -2.24. The van der Waals surface area contributed by atoms with Crippen molar-refractivity contribution in [3.63, 3.8) is 0 Å². The summed E-state index contributed by atoms with van der Waals surface area (Å²) in [5.74, 6) is 0. The van der Waals surface area contributed by atoms with Gasteiger partial charge < -0.3 is 15.2 Å². The van der Waals surface area contributed by atoms with Gasteiger partial charge in [-0.2, -0.15) is 5.10 Å². The first-order valence-corrected chi connectivity index (χ1v) is 6.75. The number of aromatic nitrogens is 2. The summed E-state index contributed by atoms with van der Waals surface area (Å²) in [4.78, 5) is 0. The van der Waals surface area contributed by atoms with E-state index in [1.807, 2.05) is 11.7 Å². The summed E-state index contributed by atoms with van der Waals surface area (Å²) in [5, 5.41) is 17.4. The Hall–Kier alpha value is -0.910. The van der Waals surface area contributed by atoms with Crippen molar-refractivity contribution in [1.82, 2.24) is 15.1 Å². The van der Waals surface area contributed by atoms with Gasteiger partial charge in [-0.05, 0) is 13.0 Å². The second-order valence-electron chi connectivity index (χ2n) is 6.00. The van der Waals surface area contributed by atoms with Gasteiger partial charge in [0, 0.05) is 37.9 Å². The van der Waals surface area contributed by atoms with Gasteiger partial charge in [0.15, 0.2) is 0 Å². The van der Waals surface area contributed by atoms with E-state index >= 15 is 0 Å². The van der Waals surface area contributed by atoms with E-state index in [0.29, 0.717) is 13.0 Å². The van der Waals surface area contributed by atoms with Crippen molar-refractivity contribution in [2.45, 2.75) is 45.3 Å². The minimum absolute atomic E-state index is 0.0494. The van der Waals surface area contributed by atoms with Gasteiger partial charge in [-0.3, -0.25) is 4.68 Å². The quantitative estimate of drug-likeness (QED) is 0.730. The number of nitrogens with one attached hydrogen (secondary N) is 1. The van der Waals surface area contributed by atoms with E-state index < -0.39 is 6.10 Å². The number of methoxy groups -OCH3 is 1. The lowest BCUT2D eigenvalue weighted by atomic mass is 9.89. The van der Waals surface area contributed by atoms with E-state index in [1.165, 1.54) is 5.56 Å². The van der Waals surface area contributed by atoms with Gasteiger partial charge in [0.25, 0.3) is 0 Å². The molecule has 1 aromatic rings. The van der Waals surface area contributed by atoms with Crippen molar-refractivity contribution in [3.8, 4) is 0 Å². The molecule has 0 spiro atoms. The molecule has 1 unspecified atom stereocenters. The summed E-state index contributed by atoms with van der Waals surface area (Å²) in [5.41, 5.74) is 2.39. The second-order valence-corrected chi connectivity index (χ2v) is 6.00. The predicted octanol–water partition coefficient (Wildman–Crippen LogP) is 1.20. The maximum absolute atomic E-state index is 9.55. The Morgan fingerprint density at radius 2 is 2.16 bits per heavy atom. The first-order chi connectivity index (χ1) is 8.84. The number of hydrogen-bond acceptors (Lipinski definition) is 4. The highest BCUT2D eigenvalue weighted by Gasteiger charge is 2.21. The fourth-order valence-corrected chi connectivity index (χ4v) is 2.07. The molecule has 0 aliphatic heterocycles. The Labute approximate surface area is 116 Å². The Balaban J connectivity index is 2.45. The highest BCUT2D eigenvalue weighted by molar-refractivity contribution is 5.23. The monoisotopic (exact) mass is 269 g/mol. The highest BCUT2D eigenvalue weighted by Crippen LogP contribution is 2.23. The van der Waals surface area contributed by atoms with E-state index in [0.717, 1.165) is 18.8 Å². The summed E-state index contributed by atoms with van der Waals surface area (Å²) < 4.78 is 6.75. The number of aryl methyl sites for hydroxylation is 1. The standard InChI is InChI=1S/C14H27N3O2/c1-14(2,3)13-11(9-17(4)16-13)8-15-7-6-12(18)10-19-5/h9,12,15,18H,6-8,10H2,1-5H3. The summed E-state index contributed by atoms with van der Waals surface area (Å²) in [6.45, 7) is 8.44. The van der Waals surface area contributed by atoms with Crippen LogP contribution in [0.4, 0.5) is 0 Å². The van der Waals surface area contributed by atoms with Crippen LogP contribution in [0.25, 0.3) is 0 Å². The van der Waals surface area contributed by atoms with Crippen molar-refractivity contribution in [2.24, 2.45) is 7.05 Å². The minimum atomic E-state index is -0.395. The Morgan fingerprint density at radius 3 is 2.74 bits per heavy atom. The molecule has 0 aliphatic rings. The van der Waals surface area contributed by atoms with Gasteiger partial charge in [-0.1, -0.05) is 20.8 Å². The van der Waals surface area contributed by atoms with Crippen molar-refractivity contribution in [2.75, 3.05) is 20.3 Å². The number of aliphatic hydroxyl groups excluding tert-OH is 1. The van der Waals surface area contributed by atoms with E-state index in [-0.39, 0.29) is 5.41 Å². The zero-order chi connectivity index (χ0) is 14.5. The molecule has 0 aliphatic carbocycles. The maximum Gasteiger partial charge on any atom is 0.0785 e. The molecule has 0 saturated heterocycles. The zero-order valence-corrected chi connectivity index (χ0v) is 12.7. The third-order valence-electron chi connectivity index (χ3n) is 2.94. The molecular weight excluding hydrogens is 242 g/mol. The van der Waals surface area contributed by atoms with Crippen LogP contribution in [0.5, 0.6) is 0 Å². The van der Waals surface area contributed by atoms with Crippen LogP contribution in [0.2, 0.25) is 0 Å². The average molecular weight is 269 g/mol. The van der Waals surface area contributed by atoms with Crippen molar-refractivity contribution >= 4 is 0 Å². The molecule has 0 aromatic carbocycles. The fraction of sp³-hybridized carbons (Fsp3) is 0.786.